The zero-order chi connectivity index (χ0) is 24.4. The van der Waals surface area contributed by atoms with Gasteiger partial charge in [-0.3, -0.25) is 4.79 Å². The van der Waals surface area contributed by atoms with Crippen LogP contribution in [-0.4, -0.2) is 54.8 Å². The zero-order valence-electron chi connectivity index (χ0n) is 19.1. The summed E-state index contributed by atoms with van der Waals surface area (Å²) < 4.78 is 33.3. The molecule has 0 radical (unpaired) electrons. The quantitative estimate of drug-likeness (QED) is 0.653. The molecule has 3 amide bonds. The maximum Gasteiger partial charge on any atom is 0.320 e. The highest BCUT2D eigenvalue weighted by Gasteiger charge is 2.41. The van der Waals surface area contributed by atoms with Crippen molar-refractivity contribution in [3.8, 4) is 0 Å². The Kier molecular flexibility index (Phi) is 6.92. The van der Waals surface area contributed by atoms with Crippen molar-refractivity contribution in [3.63, 3.8) is 0 Å². The molecule has 34 heavy (non-hydrogen) atoms. The molecule has 7 nitrogen and oxygen atoms in total. The minimum Gasteiger partial charge on any atom is -0.380 e. The second-order valence-electron chi connectivity index (χ2n) is 8.82. The van der Waals surface area contributed by atoms with E-state index >= 15 is 0 Å². The van der Waals surface area contributed by atoms with E-state index in [4.69, 9.17) is 4.74 Å². The monoisotopic (exact) mass is 471 g/mol. The summed E-state index contributed by atoms with van der Waals surface area (Å²) in [5.41, 5.74) is 2.38. The number of urea groups is 1. The number of anilines is 1. The molecule has 2 aromatic carbocycles. The van der Waals surface area contributed by atoms with E-state index in [2.05, 4.69) is 5.32 Å². The Bertz CT molecular complexity index is 1090. The maximum atomic E-state index is 14.1. The van der Waals surface area contributed by atoms with Crippen molar-refractivity contribution in [1.29, 1.82) is 0 Å². The first kappa shape index (κ1) is 23.8. The number of amides is 3. The molecular weight excluding hydrogens is 444 g/mol. The Labute approximate surface area is 196 Å². The van der Waals surface area contributed by atoms with Crippen molar-refractivity contribution < 1.29 is 27.9 Å². The number of aldehydes is 1. The fourth-order valence-electron chi connectivity index (χ4n) is 4.55. The summed E-state index contributed by atoms with van der Waals surface area (Å²) in [6, 6.07) is 6.46. The molecule has 0 spiro atoms. The van der Waals surface area contributed by atoms with Crippen LogP contribution in [0.15, 0.2) is 30.3 Å². The molecule has 2 aliphatic heterocycles. The SMILES string of the molecule is COCc1ccc2c(c1)CCN(C(=O)N1CC(CC=O)C1)C2C(=O)Nc1cc(F)c(C)c(F)c1. The van der Waals surface area contributed by atoms with Crippen LogP contribution >= 0.6 is 0 Å². The summed E-state index contributed by atoms with van der Waals surface area (Å²) in [5.74, 6) is -1.96. The molecule has 2 aromatic rings. The lowest BCUT2D eigenvalue weighted by molar-refractivity contribution is -0.121. The number of rotatable bonds is 6. The van der Waals surface area contributed by atoms with Gasteiger partial charge in [0.05, 0.1) is 6.61 Å². The van der Waals surface area contributed by atoms with E-state index in [0.29, 0.717) is 44.6 Å². The number of nitrogens with one attached hydrogen (secondary N) is 1. The van der Waals surface area contributed by atoms with Crippen molar-refractivity contribution in [1.82, 2.24) is 9.80 Å². The van der Waals surface area contributed by atoms with E-state index in [1.807, 2.05) is 12.1 Å². The number of ether oxygens (including phenoxy) is 1. The van der Waals surface area contributed by atoms with Crippen LogP contribution in [0.5, 0.6) is 0 Å². The van der Waals surface area contributed by atoms with Gasteiger partial charge in [0.2, 0.25) is 0 Å². The highest BCUT2D eigenvalue weighted by atomic mass is 19.1. The van der Waals surface area contributed by atoms with Gasteiger partial charge in [-0.25, -0.2) is 13.6 Å². The molecule has 0 saturated carbocycles. The molecule has 1 saturated heterocycles. The number of carbonyl (C=O) groups is 3. The van der Waals surface area contributed by atoms with Crippen LogP contribution in [0.3, 0.4) is 0 Å². The van der Waals surface area contributed by atoms with Crippen LogP contribution in [-0.2, 0) is 27.4 Å². The van der Waals surface area contributed by atoms with Crippen molar-refractivity contribution in [3.05, 3.63) is 64.2 Å². The van der Waals surface area contributed by atoms with Crippen LogP contribution in [0, 0.1) is 24.5 Å². The minimum atomic E-state index is -0.967. The first-order valence-electron chi connectivity index (χ1n) is 11.2. The number of hydrogen-bond donors (Lipinski definition) is 1. The molecule has 9 heteroatoms. The van der Waals surface area contributed by atoms with Gasteiger partial charge in [-0.2, -0.15) is 0 Å². The third-order valence-corrected chi connectivity index (χ3v) is 6.45. The minimum absolute atomic E-state index is 0.0175. The summed E-state index contributed by atoms with van der Waals surface area (Å²) >= 11 is 0. The fraction of sp³-hybridized carbons (Fsp3) is 0.400. The average Bonchev–Trinajstić information content (AvgIpc) is 2.78. The molecule has 4 rings (SSSR count). The van der Waals surface area contributed by atoms with E-state index in [9.17, 15) is 23.2 Å². The van der Waals surface area contributed by atoms with Gasteiger partial charge >= 0.3 is 6.03 Å². The molecule has 1 N–H and O–H groups in total. The van der Waals surface area contributed by atoms with Crippen LogP contribution in [0.2, 0.25) is 0 Å². The van der Waals surface area contributed by atoms with Crippen molar-refractivity contribution in [2.24, 2.45) is 5.92 Å². The molecule has 2 heterocycles. The first-order chi connectivity index (χ1) is 16.3. The van der Waals surface area contributed by atoms with Crippen molar-refractivity contribution >= 4 is 23.9 Å². The number of fused-ring (bicyclic) bond motifs is 1. The van der Waals surface area contributed by atoms with Gasteiger partial charge in [0.1, 0.15) is 24.0 Å². The number of carbonyl (C=O) groups excluding carboxylic acids is 3. The van der Waals surface area contributed by atoms with E-state index in [0.717, 1.165) is 29.5 Å². The molecule has 0 aromatic heterocycles. The lowest BCUT2D eigenvalue weighted by Crippen LogP contribution is -2.57. The van der Waals surface area contributed by atoms with Gasteiger partial charge in [-0.1, -0.05) is 18.2 Å². The lowest BCUT2D eigenvalue weighted by atomic mass is 9.90. The van der Waals surface area contributed by atoms with Crippen LogP contribution in [0.4, 0.5) is 19.3 Å². The summed E-state index contributed by atoms with van der Waals surface area (Å²) in [5, 5.41) is 2.59. The third kappa shape index (κ3) is 4.65. The lowest BCUT2D eigenvalue weighted by Gasteiger charge is -2.45. The summed E-state index contributed by atoms with van der Waals surface area (Å²) in [4.78, 5) is 40.6. The Morgan fingerprint density at radius 3 is 2.53 bits per heavy atom. The molecule has 0 aliphatic carbocycles. The average molecular weight is 472 g/mol. The van der Waals surface area contributed by atoms with Gasteiger partial charge in [-0.15, -0.1) is 0 Å². The largest absolute Gasteiger partial charge is 0.380 e. The summed E-state index contributed by atoms with van der Waals surface area (Å²) in [6.07, 6.45) is 1.79. The van der Waals surface area contributed by atoms with E-state index in [-0.39, 0.29) is 23.2 Å². The van der Waals surface area contributed by atoms with Gasteiger partial charge in [-0.05, 0) is 42.2 Å². The number of nitrogens with zero attached hydrogens (tertiary/aromatic N) is 2. The predicted octanol–water partition coefficient (Wildman–Crippen LogP) is 3.60. The van der Waals surface area contributed by atoms with E-state index in [1.54, 1.807) is 18.1 Å². The van der Waals surface area contributed by atoms with Crippen molar-refractivity contribution in [2.75, 3.05) is 32.1 Å². The number of halogens is 2. The molecular formula is C25H27F2N3O4. The number of hydrogen-bond acceptors (Lipinski definition) is 4. The van der Waals surface area contributed by atoms with Crippen molar-refractivity contribution in [2.45, 2.75) is 32.4 Å². The zero-order valence-corrected chi connectivity index (χ0v) is 19.1. The Morgan fingerprint density at radius 1 is 1.18 bits per heavy atom. The summed E-state index contributed by atoms with van der Waals surface area (Å²) in [6.45, 7) is 2.95. The van der Waals surface area contributed by atoms with Gasteiger partial charge in [0.15, 0.2) is 0 Å². The fourth-order valence-corrected chi connectivity index (χ4v) is 4.55. The van der Waals surface area contributed by atoms with E-state index < -0.39 is 23.6 Å². The van der Waals surface area contributed by atoms with Crippen LogP contribution < -0.4 is 5.32 Å². The standard InChI is InChI=1S/C25H27F2N3O4/c1-15-21(26)10-19(11-22(15)27)28-24(32)23-20-4-3-16(14-34-2)9-18(20)5-7-30(23)25(33)29-12-17(13-29)6-8-31/h3-4,8-11,17,23H,5-7,12-14H2,1-2H3,(H,28,32). The summed E-state index contributed by atoms with van der Waals surface area (Å²) in [7, 11) is 1.60. The van der Waals surface area contributed by atoms with Gasteiger partial charge < -0.3 is 24.6 Å². The Hall–Kier alpha value is -3.33. The normalized spacial score (nSPS) is 17.7. The molecule has 1 atom stereocenters. The molecule has 0 bridgehead atoms. The van der Waals surface area contributed by atoms with Gasteiger partial charge in [0, 0.05) is 50.3 Å². The number of methoxy groups -OCH3 is 1. The highest BCUT2D eigenvalue weighted by Crippen LogP contribution is 2.34. The topological polar surface area (TPSA) is 79.0 Å². The second-order valence-corrected chi connectivity index (χ2v) is 8.82. The number of benzene rings is 2. The maximum absolute atomic E-state index is 14.1. The smallest absolute Gasteiger partial charge is 0.320 e. The van der Waals surface area contributed by atoms with Gasteiger partial charge in [0.25, 0.3) is 5.91 Å². The second kappa shape index (κ2) is 9.89. The van der Waals surface area contributed by atoms with E-state index in [1.165, 1.54) is 11.8 Å². The molecule has 2 aliphatic rings. The highest BCUT2D eigenvalue weighted by molar-refractivity contribution is 5.98. The first-order valence-corrected chi connectivity index (χ1v) is 11.2. The Morgan fingerprint density at radius 2 is 1.88 bits per heavy atom. The molecule has 1 unspecified atom stereocenters. The molecule has 1 fully saturated rings. The molecule has 180 valence electrons. The van der Waals surface area contributed by atoms with Crippen LogP contribution in [0.25, 0.3) is 0 Å². The Balaban J connectivity index is 1.63. The third-order valence-electron chi connectivity index (χ3n) is 6.45. The van der Waals surface area contributed by atoms with Crippen LogP contribution in [0.1, 0.15) is 34.7 Å². The number of likely N-dealkylation sites (tertiary alicyclic amines) is 1. The predicted molar refractivity (Wildman–Crippen MR) is 121 cm³/mol.